The van der Waals surface area contributed by atoms with E-state index in [1.807, 2.05) is 0 Å². The van der Waals surface area contributed by atoms with Gasteiger partial charge in [0.25, 0.3) is 0 Å². The Morgan fingerprint density at radius 1 is 1.50 bits per heavy atom. The van der Waals surface area contributed by atoms with Gasteiger partial charge in [-0.1, -0.05) is 0 Å². The molecule has 1 heterocycles. The van der Waals surface area contributed by atoms with E-state index in [2.05, 4.69) is 4.74 Å². The third kappa shape index (κ3) is 0.819. The predicted octanol–water partition coefficient (Wildman–Crippen LogP) is -0.760. The molecular weight excluding hydrogens is 127 g/mol. The lowest BCUT2D eigenvalue weighted by Crippen LogP contribution is -2.01. The fourth-order valence-electron chi connectivity index (χ4n) is 0.458. The summed E-state index contributed by atoms with van der Waals surface area (Å²) in [4.78, 5) is 20.5. The van der Waals surface area contributed by atoms with E-state index in [1.54, 1.807) is 0 Å². The highest BCUT2D eigenvalue weighted by atomic mass is 31.0. The number of hydrogen-bond acceptors (Lipinski definition) is 3. The lowest BCUT2D eigenvalue weighted by Gasteiger charge is -1.80. The maximum Gasteiger partial charge on any atom is 0.341 e. The van der Waals surface area contributed by atoms with Crippen LogP contribution in [0, 0.1) is 0 Å². The molecule has 1 atom stereocenters. The third-order valence-electron chi connectivity index (χ3n) is 0.853. The van der Waals surface area contributed by atoms with Crippen molar-refractivity contribution < 1.29 is 14.3 Å². The van der Waals surface area contributed by atoms with E-state index in [-0.39, 0.29) is 6.42 Å². The fraction of sp³-hybridized carbons (Fsp3) is 0.250. The average molecular weight is 132 g/mol. The summed E-state index contributed by atoms with van der Waals surface area (Å²) in [6.45, 7) is 0. The van der Waals surface area contributed by atoms with Gasteiger partial charge in [-0.2, -0.15) is 0 Å². The van der Waals surface area contributed by atoms with Gasteiger partial charge >= 0.3 is 11.9 Å². The molecule has 8 heavy (non-hydrogen) atoms. The zero-order valence-corrected chi connectivity index (χ0v) is 5.55. The van der Waals surface area contributed by atoms with E-state index in [9.17, 15) is 9.59 Å². The van der Waals surface area contributed by atoms with Gasteiger partial charge in [0.05, 0.1) is 6.42 Å². The minimum absolute atomic E-state index is 0.178. The number of rotatable bonds is 0. The molecule has 1 aliphatic heterocycles. The zero-order valence-electron chi connectivity index (χ0n) is 4.14. The molecule has 4 heteroatoms. The molecule has 0 bridgehead atoms. The summed E-state index contributed by atoms with van der Waals surface area (Å²) >= 11 is 0. The Labute approximate surface area is 47.9 Å². The van der Waals surface area contributed by atoms with Crippen LogP contribution >= 0.6 is 8.86 Å². The standard InChI is InChI=1S/C4H5O3P/c5-3-1-2(8)4(6)7-3/h1H2,8H3. The van der Waals surface area contributed by atoms with Gasteiger partial charge in [-0.3, -0.25) is 4.79 Å². The molecule has 1 fully saturated rings. The summed E-state index contributed by atoms with van der Waals surface area (Å²) in [6, 6.07) is 0. The van der Waals surface area contributed by atoms with Crippen LogP contribution in [0.5, 0.6) is 0 Å². The fourth-order valence-corrected chi connectivity index (χ4v) is 0.734. The smallest absolute Gasteiger partial charge is 0.341 e. The van der Waals surface area contributed by atoms with Gasteiger partial charge in [-0.05, 0) is 0 Å². The Balaban J connectivity index is 2.79. The molecular formula is C4H5O3P. The van der Waals surface area contributed by atoms with Crippen LogP contribution in [0.3, 0.4) is 0 Å². The number of ether oxygens (including phenoxy) is 1. The SMILES string of the molecule is O=C1CC(=[PH3])C(=O)O1. The van der Waals surface area contributed by atoms with Crippen LogP contribution in [-0.2, 0) is 14.3 Å². The van der Waals surface area contributed by atoms with Crippen LogP contribution in [0.2, 0.25) is 0 Å². The third-order valence-corrected chi connectivity index (χ3v) is 1.39. The molecule has 0 amide bonds. The molecule has 0 N–H and O–H groups in total. The van der Waals surface area contributed by atoms with Crippen molar-refractivity contribution in [2.24, 2.45) is 0 Å². The van der Waals surface area contributed by atoms with Crippen molar-refractivity contribution in [1.82, 2.24) is 0 Å². The first-order valence-corrected chi connectivity index (χ1v) is 2.83. The van der Waals surface area contributed by atoms with Crippen LogP contribution in [-0.4, -0.2) is 17.2 Å². The number of carbonyl (C=O) groups is 2. The van der Waals surface area contributed by atoms with E-state index in [1.165, 1.54) is 8.86 Å². The first-order valence-electron chi connectivity index (χ1n) is 2.13. The van der Waals surface area contributed by atoms with Crippen molar-refractivity contribution in [2.75, 3.05) is 0 Å². The molecule has 44 valence electrons. The van der Waals surface area contributed by atoms with E-state index >= 15 is 0 Å². The Kier molecular flexibility index (Phi) is 1.22. The molecule has 3 nitrogen and oxygen atoms in total. The highest BCUT2D eigenvalue weighted by molar-refractivity contribution is 7.26. The summed E-state index contributed by atoms with van der Waals surface area (Å²) in [7, 11) is 1.40. The van der Waals surface area contributed by atoms with Gasteiger partial charge in [0, 0.05) is 5.29 Å². The number of esters is 2. The molecule has 0 aliphatic carbocycles. The number of cyclic esters (lactones) is 2. The minimum Gasteiger partial charge on any atom is -0.389 e. The molecule has 1 aliphatic rings. The normalized spacial score (nSPS) is 19.8. The van der Waals surface area contributed by atoms with Gasteiger partial charge in [0.2, 0.25) is 0 Å². The average Bonchev–Trinajstić information content (AvgIpc) is 1.85. The maximum absolute atomic E-state index is 10.3. The molecule has 0 aromatic heterocycles. The van der Waals surface area contributed by atoms with Crippen LogP contribution in [0.15, 0.2) is 0 Å². The monoisotopic (exact) mass is 132 g/mol. The molecule has 1 saturated heterocycles. The molecule has 0 saturated carbocycles. The lowest BCUT2D eigenvalue weighted by molar-refractivity contribution is -0.150. The summed E-state index contributed by atoms with van der Waals surface area (Å²) in [5.74, 6) is -0.895. The Bertz CT molecular complexity index is 154. The first-order chi connectivity index (χ1) is 3.70. The molecule has 1 unspecified atom stereocenters. The molecule has 1 rings (SSSR count). The van der Waals surface area contributed by atoms with Crippen LogP contribution in [0.25, 0.3) is 0 Å². The van der Waals surface area contributed by atoms with Gasteiger partial charge in [-0.15, -0.1) is 8.86 Å². The lowest BCUT2D eigenvalue weighted by atomic mass is 10.4. The van der Waals surface area contributed by atoms with Crippen LogP contribution in [0.4, 0.5) is 0 Å². The van der Waals surface area contributed by atoms with Crippen LogP contribution < -0.4 is 0 Å². The summed E-state index contributed by atoms with van der Waals surface area (Å²) in [5.41, 5.74) is 0. The van der Waals surface area contributed by atoms with E-state index < -0.39 is 11.9 Å². The van der Waals surface area contributed by atoms with Gasteiger partial charge < -0.3 is 4.74 Å². The largest absolute Gasteiger partial charge is 0.389 e. The van der Waals surface area contributed by atoms with E-state index in [0.717, 1.165) is 0 Å². The van der Waals surface area contributed by atoms with Crippen molar-refractivity contribution >= 4 is 26.1 Å². The highest BCUT2D eigenvalue weighted by Gasteiger charge is 2.24. The topological polar surface area (TPSA) is 43.4 Å². The van der Waals surface area contributed by atoms with Crippen molar-refractivity contribution in [2.45, 2.75) is 6.42 Å². The molecule has 0 radical (unpaired) electrons. The second-order valence-electron chi connectivity index (χ2n) is 1.54. The Hall–Kier alpha value is -0.560. The quantitative estimate of drug-likeness (QED) is 0.247. The molecule has 0 aromatic carbocycles. The highest BCUT2D eigenvalue weighted by Crippen LogP contribution is 2.04. The Morgan fingerprint density at radius 3 is 2.25 bits per heavy atom. The number of hydrogen-bond donors (Lipinski definition) is 0. The molecule has 0 spiro atoms. The maximum atomic E-state index is 10.3. The van der Waals surface area contributed by atoms with Gasteiger partial charge in [0.1, 0.15) is 0 Å². The van der Waals surface area contributed by atoms with Crippen molar-refractivity contribution in [3.05, 3.63) is 0 Å². The van der Waals surface area contributed by atoms with Crippen molar-refractivity contribution in [3.8, 4) is 0 Å². The number of carbonyl (C=O) groups excluding carboxylic acids is 2. The zero-order chi connectivity index (χ0) is 6.15. The summed E-state index contributed by atoms with van der Waals surface area (Å²) < 4.78 is 4.17. The van der Waals surface area contributed by atoms with Crippen molar-refractivity contribution in [3.63, 3.8) is 0 Å². The summed E-state index contributed by atoms with van der Waals surface area (Å²) in [6.07, 6.45) is 0.178. The van der Waals surface area contributed by atoms with E-state index in [4.69, 9.17) is 0 Å². The molecule has 0 aromatic rings. The second-order valence-corrected chi connectivity index (χ2v) is 2.40. The van der Waals surface area contributed by atoms with Gasteiger partial charge in [0.15, 0.2) is 0 Å². The van der Waals surface area contributed by atoms with Gasteiger partial charge in [-0.25, -0.2) is 4.79 Å². The van der Waals surface area contributed by atoms with Crippen LogP contribution in [0.1, 0.15) is 6.42 Å². The minimum atomic E-state index is -0.465. The first kappa shape index (κ1) is 5.57. The van der Waals surface area contributed by atoms with Crippen molar-refractivity contribution in [1.29, 1.82) is 0 Å². The summed E-state index contributed by atoms with van der Waals surface area (Å²) in [5, 5.41) is 0.523. The second kappa shape index (κ2) is 1.75. The van der Waals surface area contributed by atoms with E-state index in [0.29, 0.717) is 5.29 Å². The Morgan fingerprint density at radius 2 is 2.12 bits per heavy atom. The predicted molar refractivity (Wildman–Crippen MR) is 31.8 cm³/mol.